The molecular weight excluding hydrogens is 943 g/mol. The quantitative estimate of drug-likeness (QED) is 0.0642. The molecule has 0 saturated heterocycles. The summed E-state index contributed by atoms with van der Waals surface area (Å²) < 4.78 is 38.7. The zero-order valence-corrected chi connectivity index (χ0v) is 40.8. The molecule has 4 amide bonds. The second kappa shape index (κ2) is 21.9. The van der Waals surface area contributed by atoms with Gasteiger partial charge in [-0.05, 0) is 111 Å². The number of aryl methyl sites for hydroxylation is 1. The third-order valence-corrected chi connectivity index (χ3v) is 13.0. The summed E-state index contributed by atoms with van der Waals surface area (Å²) in [4.78, 5) is 79.5. The predicted octanol–water partition coefficient (Wildman–Crippen LogP) is 0.513. The number of nitrogen functional groups attached to an aromatic ring is 1. The number of rotatable bonds is 17. The highest BCUT2D eigenvalue weighted by atomic mass is 32.2. The van der Waals surface area contributed by atoms with Gasteiger partial charge in [0.2, 0.25) is 17.7 Å². The summed E-state index contributed by atoms with van der Waals surface area (Å²) in [6.07, 6.45) is 1.97. The fraction of sp³-hybridized carbons (Fsp3) is 0.426. The van der Waals surface area contributed by atoms with Crippen LogP contribution >= 0.6 is 0 Å². The maximum atomic E-state index is 14.9. The van der Waals surface area contributed by atoms with Gasteiger partial charge >= 0.3 is 5.97 Å². The summed E-state index contributed by atoms with van der Waals surface area (Å²) in [5, 5.41) is 46.1. The number of aromatic nitrogens is 2. The SMILES string of the molecule is Cc1nc(-c2ccc3c(c2O)CCC3(C)C)nc(N)c1C(=O)N[C@@H](CNS(N)(=O)=O)C(=O)N(C)[C@@H]1C(=O)N[C@@H](C)C(=O)N[C@H](C(=O)O)Cc2ccc(OCCCN)c(c2)-c2cc1cc(OCCCN)c2O. The number of benzene rings is 3. The number of nitrogens with one attached hydrogen (secondary N) is 4. The first-order valence-electron chi connectivity index (χ1n) is 22.8. The molecular formula is C47H61N11O12S. The van der Waals surface area contributed by atoms with Crippen molar-refractivity contribution in [1.82, 2.24) is 35.5 Å². The van der Waals surface area contributed by atoms with E-state index in [9.17, 15) is 47.7 Å². The highest BCUT2D eigenvalue weighted by molar-refractivity contribution is 7.87. The Bertz CT molecular complexity index is 2820. The van der Waals surface area contributed by atoms with Gasteiger partial charge in [-0.1, -0.05) is 26.0 Å². The molecule has 3 aromatic carbocycles. The monoisotopic (exact) mass is 1000 g/mol. The van der Waals surface area contributed by atoms with Crippen LogP contribution in [0.5, 0.6) is 23.0 Å². The summed E-state index contributed by atoms with van der Waals surface area (Å²) in [6.45, 7) is 6.64. The third kappa shape index (κ3) is 12.1. The molecule has 0 fully saturated rings. The lowest BCUT2D eigenvalue weighted by Crippen LogP contribution is -2.57. The maximum absolute atomic E-state index is 14.9. The third-order valence-electron chi connectivity index (χ3n) is 12.4. The van der Waals surface area contributed by atoms with Crippen molar-refractivity contribution >= 4 is 45.6 Å². The molecule has 0 unspecified atom stereocenters. The van der Waals surface area contributed by atoms with Gasteiger partial charge in [-0.25, -0.2) is 19.9 Å². The first kappa shape index (κ1) is 53.2. The van der Waals surface area contributed by atoms with Gasteiger partial charge in [0.05, 0.1) is 24.5 Å². The summed E-state index contributed by atoms with van der Waals surface area (Å²) >= 11 is 0. The molecule has 0 saturated carbocycles. The van der Waals surface area contributed by atoms with Crippen LogP contribution in [0.4, 0.5) is 5.82 Å². The van der Waals surface area contributed by atoms with Crippen LogP contribution in [0.15, 0.2) is 42.5 Å². The fourth-order valence-corrected chi connectivity index (χ4v) is 8.99. The van der Waals surface area contributed by atoms with Crippen LogP contribution in [0.1, 0.15) is 84.4 Å². The van der Waals surface area contributed by atoms with Crippen LogP contribution in [-0.2, 0) is 47.6 Å². The largest absolute Gasteiger partial charge is 0.507 e. The normalized spacial score (nSPS) is 18.0. The highest BCUT2D eigenvalue weighted by Crippen LogP contribution is 2.46. The molecule has 23 nitrogen and oxygen atoms in total. The summed E-state index contributed by atoms with van der Waals surface area (Å²) in [5.41, 5.74) is 20.0. The van der Waals surface area contributed by atoms with E-state index in [2.05, 4.69) is 39.8 Å². The Morgan fingerprint density at radius 2 is 1.61 bits per heavy atom. The zero-order chi connectivity index (χ0) is 52.1. The number of hydrogen-bond acceptors (Lipinski definition) is 16. The fourth-order valence-electron chi connectivity index (χ4n) is 8.59. The minimum atomic E-state index is -4.53. The van der Waals surface area contributed by atoms with Crippen molar-refractivity contribution in [1.29, 1.82) is 0 Å². The topological polar surface area (TPSA) is 380 Å². The molecule has 1 aromatic heterocycles. The second-order valence-electron chi connectivity index (χ2n) is 18.1. The number of phenolic OH excluding ortho intramolecular Hbond substituents is 2. The number of aliphatic carboxylic acids is 1. The Labute approximate surface area is 410 Å². The lowest BCUT2D eigenvalue weighted by Gasteiger charge is -2.33. The van der Waals surface area contributed by atoms with Crippen molar-refractivity contribution in [2.45, 2.75) is 89.4 Å². The molecule has 4 aromatic rings. The van der Waals surface area contributed by atoms with Crippen LogP contribution in [0, 0.1) is 6.92 Å². The average Bonchev–Trinajstić information content (AvgIpc) is 3.61. The number of carbonyl (C=O) groups excluding carboxylic acids is 4. The molecule has 71 heavy (non-hydrogen) atoms. The van der Waals surface area contributed by atoms with E-state index < -0.39 is 76.3 Å². The smallest absolute Gasteiger partial charge is 0.326 e. The Hall–Kier alpha value is -7.12. The minimum Gasteiger partial charge on any atom is -0.507 e. The zero-order valence-electron chi connectivity index (χ0n) is 40.0. The van der Waals surface area contributed by atoms with Gasteiger partial charge in [-0.15, -0.1) is 0 Å². The van der Waals surface area contributed by atoms with E-state index in [0.717, 1.165) is 22.4 Å². The van der Waals surface area contributed by atoms with Crippen LogP contribution in [0.2, 0.25) is 0 Å². The molecule has 15 N–H and O–H groups in total. The maximum Gasteiger partial charge on any atom is 0.326 e. The van der Waals surface area contributed by atoms with E-state index in [4.69, 9.17) is 31.8 Å². The number of ether oxygens (including phenoxy) is 2. The molecule has 2 aliphatic rings. The van der Waals surface area contributed by atoms with E-state index in [1.807, 2.05) is 10.8 Å². The van der Waals surface area contributed by atoms with Crippen molar-refractivity contribution in [3.05, 3.63) is 76.0 Å². The molecule has 6 rings (SSSR count). The van der Waals surface area contributed by atoms with E-state index in [1.165, 1.54) is 33.0 Å². The number of hydrogen-bond donors (Lipinski definition) is 11. The van der Waals surface area contributed by atoms with Gasteiger partial charge in [0.25, 0.3) is 16.1 Å². The lowest BCUT2D eigenvalue weighted by molar-refractivity contribution is -0.143. The molecule has 4 bridgehead atoms. The van der Waals surface area contributed by atoms with Crippen molar-refractivity contribution in [3.8, 4) is 45.5 Å². The number of nitrogens with zero attached hydrogens (tertiary/aromatic N) is 3. The van der Waals surface area contributed by atoms with E-state index in [-0.39, 0.29) is 101 Å². The number of amides is 4. The molecule has 4 atom stereocenters. The predicted molar refractivity (Wildman–Crippen MR) is 260 cm³/mol. The molecule has 24 heteroatoms. The van der Waals surface area contributed by atoms with Crippen LogP contribution in [0.3, 0.4) is 0 Å². The Morgan fingerprint density at radius 1 is 0.930 bits per heavy atom. The van der Waals surface area contributed by atoms with Crippen LogP contribution in [-0.4, -0.2) is 126 Å². The first-order chi connectivity index (χ1) is 33.5. The number of fused-ring (bicyclic) bond motifs is 6. The van der Waals surface area contributed by atoms with Crippen LogP contribution in [0.25, 0.3) is 22.5 Å². The highest BCUT2D eigenvalue weighted by Gasteiger charge is 2.38. The number of carbonyl (C=O) groups is 5. The molecule has 2 heterocycles. The first-order valence-corrected chi connectivity index (χ1v) is 24.3. The summed E-state index contributed by atoms with van der Waals surface area (Å²) in [6, 6.07) is 4.38. The van der Waals surface area contributed by atoms with Gasteiger partial charge in [0.15, 0.2) is 17.3 Å². The van der Waals surface area contributed by atoms with E-state index in [1.54, 1.807) is 24.3 Å². The average molecular weight is 1000 g/mol. The number of phenols is 2. The van der Waals surface area contributed by atoms with Crippen molar-refractivity contribution < 1.29 is 57.2 Å². The van der Waals surface area contributed by atoms with Crippen molar-refractivity contribution in [3.63, 3.8) is 0 Å². The molecule has 0 spiro atoms. The Kier molecular flexibility index (Phi) is 16.4. The Balaban J connectivity index is 1.46. The van der Waals surface area contributed by atoms with E-state index >= 15 is 0 Å². The van der Waals surface area contributed by atoms with Gasteiger partial charge < -0.3 is 62.8 Å². The Morgan fingerprint density at radius 3 is 2.24 bits per heavy atom. The molecule has 382 valence electrons. The number of anilines is 1. The number of carboxylic acid groups (broad SMARTS) is 1. The standard InChI is InChI=1S/C47H61N11O12S/c1-23-36(40(50)57-41(53-23)28-9-10-31-27(38(28)59)12-13-47(31,3)4)43(62)56-33(22-52-71(51,67)68)45(64)58(5)37-26-20-30(39(60)35(21-26)70-17-7-15-49)29-18-25(8-11-34(29)69-16-6-14-48)19-32(46(65)66)55-42(61)24(2)54-44(37)63/h8-11,18,20-21,24,32-33,37,52,59-60H,6-7,12-17,19,22,48-49H2,1-5H3,(H,54,63)(H,55,61)(H,56,62)(H,65,66)(H2,50,53,57)(H2,51,67,68)/t24-,32-,33-,37-/m0/s1. The van der Waals surface area contributed by atoms with Crippen LogP contribution < -0.4 is 52.5 Å². The number of aromatic hydroxyl groups is 2. The minimum absolute atomic E-state index is 0.0105. The molecule has 1 aliphatic heterocycles. The van der Waals surface area contributed by atoms with Gasteiger partial charge in [-0.2, -0.15) is 13.1 Å². The number of nitrogens with two attached hydrogens (primary N) is 4. The van der Waals surface area contributed by atoms with Gasteiger partial charge in [0, 0.05) is 31.1 Å². The second-order valence-corrected chi connectivity index (χ2v) is 19.5. The molecule has 0 radical (unpaired) electrons. The van der Waals surface area contributed by atoms with E-state index in [0.29, 0.717) is 24.8 Å². The summed E-state index contributed by atoms with van der Waals surface area (Å²) in [7, 11) is -3.36. The summed E-state index contributed by atoms with van der Waals surface area (Å²) in [5.74, 6) is -6.16. The number of carboxylic acids is 1. The molecule has 1 aliphatic carbocycles. The van der Waals surface area contributed by atoms with Gasteiger partial charge in [-0.3, -0.25) is 19.2 Å². The lowest BCUT2D eigenvalue weighted by atomic mass is 9.86. The number of likely N-dealkylation sites (N-methyl/N-ethyl adjacent to an activating group) is 1. The van der Waals surface area contributed by atoms with Crippen molar-refractivity contribution in [2.24, 2.45) is 16.6 Å². The van der Waals surface area contributed by atoms with Gasteiger partial charge in [0.1, 0.15) is 47.0 Å². The van der Waals surface area contributed by atoms with Crippen molar-refractivity contribution in [2.75, 3.05) is 45.6 Å².